The second kappa shape index (κ2) is 6.64. The third kappa shape index (κ3) is 3.13. The third-order valence-electron chi connectivity index (χ3n) is 4.38. The van der Waals surface area contributed by atoms with E-state index in [-0.39, 0.29) is 11.9 Å². The van der Waals surface area contributed by atoms with Crippen molar-refractivity contribution < 1.29 is 10.0 Å². The summed E-state index contributed by atoms with van der Waals surface area (Å²) in [4.78, 5) is 14.2. The molecule has 2 aliphatic rings. The van der Waals surface area contributed by atoms with E-state index in [2.05, 4.69) is 10.5 Å². The van der Waals surface area contributed by atoms with Gasteiger partial charge < -0.3 is 10.1 Å². The van der Waals surface area contributed by atoms with Crippen LogP contribution < -0.4 is 5.32 Å². The van der Waals surface area contributed by atoms with Gasteiger partial charge >= 0.3 is 0 Å². The molecule has 3 rings (SSSR count). The van der Waals surface area contributed by atoms with Crippen molar-refractivity contribution in [3.63, 3.8) is 0 Å². The molecule has 0 bridgehead atoms. The molecule has 0 atom stereocenters. The highest BCUT2D eigenvalue weighted by Crippen LogP contribution is 2.25. The Labute approximate surface area is 130 Å². The summed E-state index contributed by atoms with van der Waals surface area (Å²) in [7, 11) is 0. The van der Waals surface area contributed by atoms with Gasteiger partial charge in [-0.05, 0) is 24.5 Å². The average molecular weight is 299 g/mol. The van der Waals surface area contributed by atoms with Crippen molar-refractivity contribution in [1.29, 1.82) is 0 Å². The Morgan fingerprint density at radius 1 is 1.18 bits per heavy atom. The largest absolute Gasteiger partial charge is 0.408 e. The standard InChI is InChI=1S/C17H21N3O2/c21-16-14(11-13-7-3-1-4-8-13)12-20(17(18-16)19-22)15-9-5-2-6-10-15/h1,3-4,7-8,11,15,22H,2,5-6,9-10,12H2,(H,18,19,21)/b14-11+. The van der Waals surface area contributed by atoms with Crippen LogP contribution in [0.2, 0.25) is 0 Å². The molecule has 1 heterocycles. The Hall–Kier alpha value is -2.30. The monoisotopic (exact) mass is 299 g/mol. The zero-order valence-electron chi connectivity index (χ0n) is 12.5. The molecule has 0 aromatic heterocycles. The van der Waals surface area contributed by atoms with Crippen LogP contribution in [0, 0.1) is 0 Å². The van der Waals surface area contributed by atoms with Crippen molar-refractivity contribution in [3.05, 3.63) is 41.5 Å². The molecule has 1 aromatic rings. The van der Waals surface area contributed by atoms with Crippen molar-refractivity contribution in [1.82, 2.24) is 10.2 Å². The molecule has 0 unspecified atom stereocenters. The van der Waals surface area contributed by atoms with Gasteiger partial charge in [0.2, 0.25) is 5.96 Å². The van der Waals surface area contributed by atoms with Crippen molar-refractivity contribution in [3.8, 4) is 0 Å². The Balaban J connectivity index is 1.83. The average Bonchev–Trinajstić information content (AvgIpc) is 2.58. The first-order chi connectivity index (χ1) is 10.8. The number of rotatable bonds is 2. The van der Waals surface area contributed by atoms with E-state index in [9.17, 15) is 10.0 Å². The maximum absolute atomic E-state index is 12.2. The summed E-state index contributed by atoms with van der Waals surface area (Å²) in [6, 6.07) is 10.1. The molecule has 2 fully saturated rings. The molecule has 1 aromatic carbocycles. The molecule has 0 radical (unpaired) electrons. The molecule has 5 nitrogen and oxygen atoms in total. The Bertz CT molecular complexity index is 589. The van der Waals surface area contributed by atoms with Gasteiger partial charge in [0, 0.05) is 11.6 Å². The maximum atomic E-state index is 12.2. The molecular formula is C17H21N3O2. The van der Waals surface area contributed by atoms with E-state index in [1.54, 1.807) is 0 Å². The normalized spacial score (nSPS) is 23.8. The fourth-order valence-corrected chi connectivity index (χ4v) is 3.22. The minimum atomic E-state index is -0.191. The van der Waals surface area contributed by atoms with Crippen molar-refractivity contribution in [2.45, 2.75) is 38.1 Å². The van der Waals surface area contributed by atoms with Gasteiger partial charge in [0.1, 0.15) is 0 Å². The number of guanidine groups is 1. The van der Waals surface area contributed by atoms with E-state index in [4.69, 9.17) is 0 Å². The Morgan fingerprint density at radius 3 is 2.59 bits per heavy atom. The van der Waals surface area contributed by atoms with Crippen molar-refractivity contribution in [2.24, 2.45) is 5.16 Å². The fraction of sp³-hybridized carbons (Fsp3) is 0.412. The highest BCUT2D eigenvalue weighted by atomic mass is 16.4. The number of nitrogens with one attached hydrogen (secondary N) is 1. The molecule has 1 saturated heterocycles. The lowest BCUT2D eigenvalue weighted by atomic mass is 9.93. The lowest BCUT2D eigenvalue weighted by molar-refractivity contribution is -0.117. The van der Waals surface area contributed by atoms with Gasteiger partial charge in [-0.25, -0.2) is 0 Å². The van der Waals surface area contributed by atoms with Gasteiger partial charge in [0.25, 0.3) is 5.91 Å². The van der Waals surface area contributed by atoms with Crippen LogP contribution in [-0.2, 0) is 4.79 Å². The second-order valence-electron chi connectivity index (χ2n) is 5.88. The molecule has 1 saturated carbocycles. The molecule has 1 aliphatic heterocycles. The number of carbonyl (C=O) groups excluding carboxylic acids is 1. The minimum Gasteiger partial charge on any atom is -0.408 e. The van der Waals surface area contributed by atoms with Crippen LogP contribution in [0.1, 0.15) is 37.7 Å². The van der Waals surface area contributed by atoms with E-state index in [0.717, 1.165) is 18.4 Å². The third-order valence-corrected chi connectivity index (χ3v) is 4.38. The molecule has 22 heavy (non-hydrogen) atoms. The summed E-state index contributed by atoms with van der Waals surface area (Å²) in [5.74, 6) is 0.0887. The SMILES string of the molecule is O=C1N/C(=N\O)N(C2CCCCC2)C/C1=C\c1ccccc1. The van der Waals surface area contributed by atoms with E-state index in [1.165, 1.54) is 19.3 Å². The lowest BCUT2D eigenvalue weighted by Crippen LogP contribution is -2.55. The molecule has 2 N–H and O–H groups in total. The van der Waals surface area contributed by atoms with Crippen LogP contribution in [0.15, 0.2) is 41.1 Å². The van der Waals surface area contributed by atoms with Crippen molar-refractivity contribution >= 4 is 17.9 Å². The summed E-state index contributed by atoms with van der Waals surface area (Å²) in [5, 5.41) is 15.2. The molecule has 116 valence electrons. The molecule has 0 spiro atoms. The van der Waals surface area contributed by atoms with Crippen LogP contribution >= 0.6 is 0 Å². The smallest absolute Gasteiger partial charge is 0.255 e. The van der Waals surface area contributed by atoms with Gasteiger partial charge in [0.05, 0.1) is 6.54 Å². The highest BCUT2D eigenvalue weighted by Gasteiger charge is 2.32. The van der Waals surface area contributed by atoms with Gasteiger partial charge in [-0.2, -0.15) is 0 Å². The Kier molecular flexibility index (Phi) is 4.42. The lowest BCUT2D eigenvalue weighted by Gasteiger charge is -2.38. The molecule has 5 heteroatoms. The van der Waals surface area contributed by atoms with Gasteiger partial charge in [-0.1, -0.05) is 54.8 Å². The quantitative estimate of drug-likeness (QED) is 0.501. The van der Waals surface area contributed by atoms with Crippen LogP contribution in [-0.4, -0.2) is 34.6 Å². The summed E-state index contributed by atoms with van der Waals surface area (Å²) in [6.45, 7) is 0.491. The maximum Gasteiger partial charge on any atom is 0.255 e. The van der Waals surface area contributed by atoms with E-state index < -0.39 is 0 Å². The zero-order chi connectivity index (χ0) is 15.4. The number of amides is 1. The number of hydrogen-bond donors (Lipinski definition) is 2. The Morgan fingerprint density at radius 2 is 1.91 bits per heavy atom. The number of hydrogen-bond acceptors (Lipinski definition) is 3. The predicted molar refractivity (Wildman–Crippen MR) is 85.4 cm³/mol. The van der Waals surface area contributed by atoms with Gasteiger partial charge in [0.15, 0.2) is 0 Å². The number of carbonyl (C=O) groups is 1. The first kappa shape index (κ1) is 14.6. The molecule has 1 aliphatic carbocycles. The summed E-state index contributed by atoms with van der Waals surface area (Å²) >= 11 is 0. The summed E-state index contributed by atoms with van der Waals surface area (Å²) in [6.07, 6.45) is 7.69. The first-order valence-electron chi connectivity index (χ1n) is 7.83. The number of oxime groups is 1. The van der Waals surface area contributed by atoms with E-state index in [0.29, 0.717) is 18.2 Å². The number of nitrogens with zero attached hydrogens (tertiary/aromatic N) is 2. The van der Waals surface area contributed by atoms with Crippen LogP contribution in [0.5, 0.6) is 0 Å². The van der Waals surface area contributed by atoms with Crippen LogP contribution in [0.4, 0.5) is 0 Å². The van der Waals surface area contributed by atoms with Gasteiger partial charge in [-0.15, -0.1) is 0 Å². The summed E-state index contributed by atoms with van der Waals surface area (Å²) < 4.78 is 0. The molecule has 1 amide bonds. The second-order valence-corrected chi connectivity index (χ2v) is 5.88. The highest BCUT2D eigenvalue weighted by molar-refractivity contribution is 6.10. The van der Waals surface area contributed by atoms with Crippen LogP contribution in [0.3, 0.4) is 0 Å². The summed E-state index contributed by atoms with van der Waals surface area (Å²) in [5.41, 5.74) is 1.70. The zero-order valence-corrected chi connectivity index (χ0v) is 12.5. The number of benzene rings is 1. The minimum absolute atomic E-state index is 0.191. The van der Waals surface area contributed by atoms with Gasteiger partial charge in [-0.3, -0.25) is 10.1 Å². The predicted octanol–water partition coefficient (Wildman–Crippen LogP) is 2.58. The fourth-order valence-electron chi connectivity index (χ4n) is 3.22. The van der Waals surface area contributed by atoms with Crippen molar-refractivity contribution in [2.75, 3.05) is 6.54 Å². The van der Waals surface area contributed by atoms with E-state index in [1.807, 2.05) is 41.3 Å². The van der Waals surface area contributed by atoms with Crippen LogP contribution in [0.25, 0.3) is 6.08 Å². The molecular weight excluding hydrogens is 278 g/mol. The first-order valence-corrected chi connectivity index (χ1v) is 7.83. The van der Waals surface area contributed by atoms with E-state index >= 15 is 0 Å². The topological polar surface area (TPSA) is 64.9 Å².